The molecule has 3 fully saturated rings. The Morgan fingerprint density at radius 3 is 2.32 bits per heavy atom. The predicted molar refractivity (Wildman–Crippen MR) is 122 cm³/mol. The Morgan fingerprint density at radius 1 is 0.968 bits per heavy atom. The average molecular weight is 425 g/mol. The first-order valence-electron chi connectivity index (χ1n) is 12.5. The van der Waals surface area contributed by atoms with Gasteiger partial charge >= 0.3 is 5.97 Å². The molecular formula is C28H40O3. The van der Waals surface area contributed by atoms with Crippen LogP contribution in [0.1, 0.15) is 99.3 Å². The highest BCUT2D eigenvalue weighted by Crippen LogP contribution is 2.74. The van der Waals surface area contributed by atoms with Crippen LogP contribution in [0, 0.1) is 38.9 Å². The van der Waals surface area contributed by atoms with Crippen LogP contribution < -0.4 is 0 Å². The molecule has 0 bridgehead atoms. The molecule has 0 aromatic heterocycles. The lowest BCUT2D eigenvalue weighted by molar-refractivity contribution is -0.158. The Bertz CT molecular complexity index is 942. The fourth-order valence-electron chi connectivity index (χ4n) is 9.20. The minimum Gasteiger partial charge on any atom is -0.481 e. The number of ketones is 1. The van der Waals surface area contributed by atoms with E-state index in [1.54, 1.807) is 5.57 Å². The van der Waals surface area contributed by atoms with E-state index in [0.29, 0.717) is 12.2 Å². The maximum absolute atomic E-state index is 13.9. The number of rotatable bonds is 1. The highest BCUT2D eigenvalue weighted by molar-refractivity contribution is 5.96. The molecule has 5 aliphatic rings. The van der Waals surface area contributed by atoms with Crippen LogP contribution in [0.15, 0.2) is 22.8 Å². The number of allylic oxidation sites excluding steroid dienone is 4. The molecule has 0 spiro atoms. The molecule has 0 radical (unpaired) electrons. The van der Waals surface area contributed by atoms with Gasteiger partial charge in [-0.1, -0.05) is 44.4 Å². The van der Waals surface area contributed by atoms with E-state index in [2.05, 4.69) is 34.6 Å². The van der Waals surface area contributed by atoms with Gasteiger partial charge in [-0.2, -0.15) is 0 Å². The lowest BCUT2D eigenvalue weighted by Gasteiger charge is -2.67. The maximum Gasteiger partial charge on any atom is 0.309 e. The number of aliphatic carboxylic acids is 1. The number of hydrogen-bond acceptors (Lipinski definition) is 2. The van der Waals surface area contributed by atoms with Crippen molar-refractivity contribution in [1.82, 2.24) is 0 Å². The van der Waals surface area contributed by atoms with Crippen LogP contribution in [-0.2, 0) is 9.59 Å². The number of carboxylic acids is 1. The standard InChI is InChI=1S/C28H40O3/c1-17-7-9-26(4)18(17)8-10-28(6)22(26)21(29)15-19-20-16-25(3,23(30)31)12-11-24(20,2)13-14-27(19,28)5/h15,20,22H,7-14,16H2,1-6H3,(H,30,31)/t20-,22+,24-,25+,26+,27-,28-/m1/s1. The lowest BCUT2D eigenvalue weighted by Crippen LogP contribution is -2.62. The minimum absolute atomic E-state index is 0.00208. The van der Waals surface area contributed by atoms with Crippen molar-refractivity contribution in [2.24, 2.45) is 38.9 Å². The lowest BCUT2D eigenvalue weighted by atomic mass is 9.36. The molecule has 3 nitrogen and oxygen atoms in total. The van der Waals surface area contributed by atoms with Crippen LogP contribution >= 0.6 is 0 Å². The second-order valence-corrected chi connectivity index (χ2v) is 13.1. The third-order valence-electron chi connectivity index (χ3n) is 11.7. The van der Waals surface area contributed by atoms with Crippen molar-refractivity contribution in [1.29, 1.82) is 0 Å². The Balaban J connectivity index is 1.64. The monoisotopic (exact) mass is 424 g/mol. The zero-order chi connectivity index (χ0) is 22.6. The molecule has 7 atom stereocenters. The molecule has 3 heteroatoms. The summed E-state index contributed by atoms with van der Waals surface area (Å²) in [6.45, 7) is 13.8. The Kier molecular flexibility index (Phi) is 4.25. The normalized spacial score (nSPS) is 51.4. The molecule has 3 saturated carbocycles. The van der Waals surface area contributed by atoms with Crippen LogP contribution in [0.3, 0.4) is 0 Å². The molecule has 1 N–H and O–H groups in total. The van der Waals surface area contributed by atoms with Crippen LogP contribution in [0.5, 0.6) is 0 Å². The van der Waals surface area contributed by atoms with Crippen molar-refractivity contribution in [3.63, 3.8) is 0 Å². The quantitative estimate of drug-likeness (QED) is 0.475. The van der Waals surface area contributed by atoms with Gasteiger partial charge in [-0.3, -0.25) is 9.59 Å². The molecule has 31 heavy (non-hydrogen) atoms. The van der Waals surface area contributed by atoms with Gasteiger partial charge in [0.2, 0.25) is 0 Å². The topological polar surface area (TPSA) is 54.4 Å². The molecule has 0 saturated heterocycles. The molecule has 5 aliphatic carbocycles. The van der Waals surface area contributed by atoms with Crippen molar-refractivity contribution in [2.45, 2.75) is 99.3 Å². The summed E-state index contributed by atoms with van der Waals surface area (Å²) in [4.78, 5) is 26.1. The summed E-state index contributed by atoms with van der Waals surface area (Å²) in [5.74, 6) is -0.0714. The minimum atomic E-state index is -0.679. The SMILES string of the molecule is CC1=C2CC[C@]3(C)[C@@H](C(=O)C=C4[C@H]5C[C@@](C)(C(=O)O)CC[C@]5(C)CC[C@]43C)[C@@]2(C)CC1. The van der Waals surface area contributed by atoms with Crippen LogP contribution in [0.4, 0.5) is 0 Å². The van der Waals surface area contributed by atoms with Crippen LogP contribution in [0.25, 0.3) is 0 Å². The summed E-state index contributed by atoms with van der Waals surface area (Å²) in [5.41, 5.74) is 3.79. The van der Waals surface area contributed by atoms with Crippen LogP contribution in [0.2, 0.25) is 0 Å². The highest BCUT2D eigenvalue weighted by atomic mass is 16.4. The van der Waals surface area contributed by atoms with Crippen molar-refractivity contribution < 1.29 is 14.7 Å². The van der Waals surface area contributed by atoms with Crippen molar-refractivity contribution in [3.05, 3.63) is 22.8 Å². The van der Waals surface area contributed by atoms with Gasteiger partial charge in [0.15, 0.2) is 5.78 Å². The average Bonchev–Trinajstić information content (AvgIpc) is 2.99. The zero-order valence-electron chi connectivity index (χ0n) is 20.4. The van der Waals surface area contributed by atoms with Gasteiger partial charge in [0.25, 0.3) is 0 Å². The molecule has 0 amide bonds. The van der Waals surface area contributed by atoms with E-state index in [0.717, 1.165) is 51.4 Å². The number of hydrogen-bond donors (Lipinski definition) is 1. The number of carboxylic acid groups (broad SMARTS) is 1. The summed E-state index contributed by atoms with van der Waals surface area (Å²) in [6.07, 6.45) is 11.2. The van der Waals surface area contributed by atoms with Gasteiger partial charge in [0.05, 0.1) is 5.41 Å². The predicted octanol–water partition coefficient (Wildman–Crippen LogP) is 6.73. The summed E-state index contributed by atoms with van der Waals surface area (Å²) in [7, 11) is 0. The van der Waals surface area contributed by atoms with Gasteiger partial charge in [-0.15, -0.1) is 0 Å². The van der Waals surface area contributed by atoms with Crippen molar-refractivity contribution >= 4 is 11.8 Å². The molecule has 0 aliphatic heterocycles. The second-order valence-electron chi connectivity index (χ2n) is 13.1. The third kappa shape index (κ3) is 2.47. The van der Waals surface area contributed by atoms with E-state index in [-0.39, 0.29) is 33.5 Å². The Hall–Kier alpha value is -1.38. The molecule has 0 heterocycles. The van der Waals surface area contributed by atoms with Gasteiger partial charge in [-0.05, 0) is 105 Å². The van der Waals surface area contributed by atoms with Gasteiger partial charge < -0.3 is 5.11 Å². The number of carbonyl (C=O) groups excluding carboxylic acids is 1. The first-order valence-corrected chi connectivity index (χ1v) is 12.5. The molecule has 0 aromatic carbocycles. The number of fused-ring (bicyclic) bond motifs is 7. The van der Waals surface area contributed by atoms with E-state index in [1.165, 1.54) is 11.1 Å². The summed E-state index contributed by atoms with van der Waals surface area (Å²) in [6, 6.07) is 0. The molecule has 170 valence electrons. The molecule has 0 aromatic rings. The second kappa shape index (κ2) is 6.14. The summed E-state index contributed by atoms with van der Waals surface area (Å²) >= 11 is 0. The van der Waals surface area contributed by atoms with Gasteiger partial charge in [0, 0.05) is 5.92 Å². The van der Waals surface area contributed by atoms with E-state index in [9.17, 15) is 14.7 Å². The molecule has 0 unspecified atom stereocenters. The summed E-state index contributed by atoms with van der Waals surface area (Å²) < 4.78 is 0. The first kappa shape index (κ1) is 21.5. The third-order valence-corrected chi connectivity index (χ3v) is 11.7. The number of carbonyl (C=O) groups is 2. The molecule has 5 rings (SSSR count). The first-order chi connectivity index (χ1) is 14.3. The van der Waals surface area contributed by atoms with Gasteiger partial charge in [0.1, 0.15) is 0 Å². The maximum atomic E-state index is 13.9. The largest absolute Gasteiger partial charge is 0.481 e. The van der Waals surface area contributed by atoms with Crippen LogP contribution in [-0.4, -0.2) is 16.9 Å². The highest BCUT2D eigenvalue weighted by Gasteiger charge is 2.67. The smallest absolute Gasteiger partial charge is 0.309 e. The summed E-state index contributed by atoms with van der Waals surface area (Å²) in [5, 5.41) is 9.99. The zero-order valence-corrected chi connectivity index (χ0v) is 20.4. The van der Waals surface area contributed by atoms with E-state index >= 15 is 0 Å². The fraction of sp³-hybridized carbons (Fsp3) is 0.786. The van der Waals surface area contributed by atoms with Crippen molar-refractivity contribution in [3.8, 4) is 0 Å². The van der Waals surface area contributed by atoms with Crippen molar-refractivity contribution in [2.75, 3.05) is 0 Å². The Morgan fingerprint density at radius 2 is 1.65 bits per heavy atom. The van der Waals surface area contributed by atoms with E-state index in [1.807, 2.05) is 13.0 Å². The van der Waals surface area contributed by atoms with Gasteiger partial charge in [-0.25, -0.2) is 0 Å². The van der Waals surface area contributed by atoms with E-state index < -0.39 is 11.4 Å². The van der Waals surface area contributed by atoms with E-state index in [4.69, 9.17) is 0 Å². The Labute approximate surface area is 187 Å². The molecular weight excluding hydrogens is 384 g/mol. The fourth-order valence-corrected chi connectivity index (χ4v) is 9.20.